The minimum absolute atomic E-state index is 0.149. The Labute approximate surface area is 215 Å². The molecule has 1 N–H and O–H groups in total. The predicted octanol–water partition coefficient (Wildman–Crippen LogP) is 5.88. The summed E-state index contributed by atoms with van der Waals surface area (Å²) in [6, 6.07) is 22.6. The minimum atomic E-state index is -0.681. The normalized spacial score (nSPS) is 11.6. The van der Waals surface area contributed by atoms with Crippen LogP contribution in [0, 0.1) is 5.82 Å². The Bertz CT molecular complexity index is 1100. The van der Waals surface area contributed by atoms with Gasteiger partial charge < -0.3 is 10.2 Å². The molecule has 1 atom stereocenters. The highest BCUT2D eigenvalue weighted by atomic mass is 35.5. The predicted molar refractivity (Wildman–Crippen MR) is 142 cm³/mol. The van der Waals surface area contributed by atoms with Gasteiger partial charge in [-0.25, -0.2) is 4.39 Å². The molecule has 7 heteroatoms. The van der Waals surface area contributed by atoms with Gasteiger partial charge in [-0.2, -0.15) is 0 Å². The van der Waals surface area contributed by atoms with Crippen molar-refractivity contribution in [3.63, 3.8) is 0 Å². The van der Waals surface area contributed by atoms with Crippen molar-refractivity contribution in [2.45, 2.75) is 38.1 Å². The summed E-state index contributed by atoms with van der Waals surface area (Å²) in [5, 5.41) is 3.52. The van der Waals surface area contributed by atoms with Crippen molar-refractivity contribution in [1.29, 1.82) is 0 Å². The molecule has 4 nitrogen and oxygen atoms in total. The van der Waals surface area contributed by atoms with Gasteiger partial charge in [0.15, 0.2) is 0 Å². The number of nitrogens with zero attached hydrogens (tertiary/aromatic N) is 1. The zero-order chi connectivity index (χ0) is 25.0. The molecule has 0 spiro atoms. The number of amides is 2. The first-order valence-corrected chi connectivity index (χ1v) is 13.2. The fourth-order valence-corrected chi connectivity index (χ4v) is 4.72. The highest BCUT2D eigenvalue weighted by Gasteiger charge is 2.30. The van der Waals surface area contributed by atoms with Gasteiger partial charge in [0.25, 0.3) is 0 Å². The molecule has 0 radical (unpaired) electrons. The maximum absolute atomic E-state index is 13.5. The van der Waals surface area contributed by atoms with Crippen LogP contribution in [-0.4, -0.2) is 35.1 Å². The topological polar surface area (TPSA) is 49.4 Å². The fraction of sp³-hybridized carbons (Fsp3) is 0.286. The van der Waals surface area contributed by atoms with Crippen molar-refractivity contribution in [3.05, 3.63) is 106 Å². The third-order valence-corrected chi connectivity index (χ3v) is 6.88. The molecule has 0 aliphatic rings. The number of nitrogens with one attached hydrogen (secondary N) is 1. The molecular weight excluding hydrogens is 483 g/mol. The van der Waals surface area contributed by atoms with Crippen LogP contribution in [0.5, 0.6) is 0 Å². The van der Waals surface area contributed by atoms with Gasteiger partial charge in [0.05, 0.1) is 5.75 Å². The van der Waals surface area contributed by atoms with Gasteiger partial charge in [-0.3, -0.25) is 9.59 Å². The van der Waals surface area contributed by atoms with Crippen molar-refractivity contribution >= 4 is 35.2 Å². The molecule has 2 amide bonds. The van der Waals surface area contributed by atoms with Crippen LogP contribution in [0.1, 0.15) is 30.0 Å². The number of halogens is 2. The molecule has 0 saturated carbocycles. The first kappa shape index (κ1) is 26.8. The molecule has 3 rings (SSSR count). The molecule has 0 bridgehead atoms. The summed E-state index contributed by atoms with van der Waals surface area (Å²) >= 11 is 7.86. The Hall–Kier alpha value is -2.83. The lowest BCUT2D eigenvalue weighted by molar-refractivity contribution is -0.139. The number of benzene rings is 3. The Morgan fingerprint density at radius 2 is 1.66 bits per heavy atom. The van der Waals surface area contributed by atoms with Crippen LogP contribution < -0.4 is 5.32 Å². The van der Waals surface area contributed by atoms with Crippen molar-refractivity contribution in [2.24, 2.45) is 0 Å². The molecule has 0 unspecified atom stereocenters. The van der Waals surface area contributed by atoms with E-state index in [1.807, 2.05) is 55.5 Å². The molecule has 0 saturated heterocycles. The van der Waals surface area contributed by atoms with Crippen LogP contribution >= 0.6 is 23.4 Å². The van der Waals surface area contributed by atoms with Crippen LogP contribution in [0.15, 0.2) is 78.9 Å². The molecule has 35 heavy (non-hydrogen) atoms. The van der Waals surface area contributed by atoms with E-state index in [-0.39, 0.29) is 29.9 Å². The highest BCUT2D eigenvalue weighted by Crippen LogP contribution is 2.22. The molecule has 0 heterocycles. The van der Waals surface area contributed by atoms with Gasteiger partial charge in [0.1, 0.15) is 11.9 Å². The molecule has 0 aliphatic carbocycles. The average molecular weight is 513 g/mol. The largest absolute Gasteiger partial charge is 0.354 e. The number of thioether (sulfide) groups is 1. The molecule has 0 aliphatic heterocycles. The maximum atomic E-state index is 13.5. The van der Waals surface area contributed by atoms with Gasteiger partial charge in [-0.15, -0.1) is 11.8 Å². The minimum Gasteiger partial charge on any atom is -0.354 e. The van der Waals surface area contributed by atoms with E-state index in [0.717, 1.165) is 23.1 Å². The Morgan fingerprint density at radius 3 is 2.34 bits per heavy atom. The summed E-state index contributed by atoms with van der Waals surface area (Å²) in [4.78, 5) is 28.4. The van der Waals surface area contributed by atoms with Crippen molar-refractivity contribution in [1.82, 2.24) is 10.2 Å². The van der Waals surface area contributed by atoms with E-state index in [1.165, 1.54) is 23.9 Å². The Kier molecular flexibility index (Phi) is 10.6. The Morgan fingerprint density at radius 1 is 0.971 bits per heavy atom. The van der Waals surface area contributed by atoms with E-state index in [1.54, 1.807) is 23.1 Å². The lowest BCUT2D eigenvalue weighted by Gasteiger charge is -2.31. The Balaban J connectivity index is 1.83. The summed E-state index contributed by atoms with van der Waals surface area (Å²) in [5.74, 6) is 0.137. The molecular formula is C28H30ClFN2O2S. The summed E-state index contributed by atoms with van der Waals surface area (Å²) in [7, 11) is 0. The first-order chi connectivity index (χ1) is 17.0. The van der Waals surface area contributed by atoms with Crippen LogP contribution in [-0.2, 0) is 28.3 Å². The van der Waals surface area contributed by atoms with Crippen LogP contribution in [0.25, 0.3) is 0 Å². The van der Waals surface area contributed by atoms with Gasteiger partial charge in [0.2, 0.25) is 11.8 Å². The lowest BCUT2D eigenvalue weighted by atomic mass is 10.0. The van der Waals surface area contributed by atoms with E-state index in [2.05, 4.69) is 5.32 Å². The quantitative estimate of drug-likeness (QED) is 0.330. The van der Waals surface area contributed by atoms with Gasteiger partial charge >= 0.3 is 0 Å². The third-order valence-electron chi connectivity index (χ3n) is 5.53. The SMILES string of the molecule is CCCNC(=O)[C@@H](Cc1ccccc1)N(Cc1ccccc1Cl)C(=O)CSCc1ccc(F)cc1. The fourth-order valence-electron chi connectivity index (χ4n) is 3.65. The van der Waals surface area contributed by atoms with Crippen LogP contribution in [0.3, 0.4) is 0 Å². The summed E-state index contributed by atoms with van der Waals surface area (Å²) < 4.78 is 13.2. The zero-order valence-electron chi connectivity index (χ0n) is 19.8. The van der Waals surface area contributed by atoms with Crippen LogP contribution in [0.4, 0.5) is 4.39 Å². The summed E-state index contributed by atoms with van der Waals surface area (Å²) in [6.07, 6.45) is 1.20. The van der Waals surface area contributed by atoms with Crippen molar-refractivity contribution < 1.29 is 14.0 Å². The number of hydrogen-bond acceptors (Lipinski definition) is 3. The molecule has 0 aromatic heterocycles. The highest BCUT2D eigenvalue weighted by molar-refractivity contribution is 7.99. The van der Waals surface area contributed by atoms with Crippen LogP contribution in [0.2, 0.25) is 5.02 Å². The number of rotatable bonds is 12. The summed E-state index contributed by atoms with van der Waals surface area (Å²) in [6.45, 7) is 2.76. The number of carbonyl (C=O) groups excluding carboxylic acids is 2. The van der Waals surface area contributed by atoms with E-state index >= 15 is 0 Å². The number of hydrogen-bond donors (Lipinski definition) is 1. The first-order valence-electron chi connectivity index (χ1n) is 11.6. The molecule has 3 aromatic rings. The smallest absolute Gasteiger partial charge is 0.243 e. The monoisotopic (exact) mass is 512 g/mol. The van der Waals surface area contributed by atoms with E-state index in [0.29, 0.717) is 23.7 Å². The van der Waals surface area contributed by atoms with Gasteiger partial charge in [-0.05, 0) is 41.3 Å². The number of carbonyl (C=O) groups is 2. The second-order valence-corrected chi connectivity index (χ2v) is 9.62. The van der Waals surface area contributed by atoms with Gasteiger partial charge in [-0.1, -0.05) is 79.2 Å². The molecule has 0 fully saturated rings. The second kappa shape index (κ2) is 13.9. The lowest BCUT2D eigenvalue weighted by Crippen LogP contribution is -2.51. The zero-order valence-corrected chi connectivity index (χ0v) is 21.3. The summed E-state index contributed by atoms with van der Waals surface area (Å²) in [5.41, 5.74) is 2.69. The van der Waals surface area contributed by atoms with E-state index in [4.69, 9.17) is 11.6 Å². The maximum Gasteiger partial charge on any atom is 0.243 e. The second-order valence-electron chi connectivity index (χ2n) is 8.23. The van der Waals surface area contributed by atoms with Crippen molar-refractivity contribution in [3.8, 4) is 0 Å². The van der Waals surface area contributed by atoms with Gasteiger partial charge in [0, 0.05) is 30.3 Å². The van der Waals surface area contributed by atoms with E-state index < -0.39 is 6.04 Å². The molecule has 184 valence electrons. The van der Waals surface area contributed by atoms with E-state index in [9.17, 15) is 14.0 Å². The average Bonchev–Trinajstić information content (AvgIpc) is 2.87. The van der Waals surface area contributed by atoms with Crippen molar-refractivity contribution in [2.75, 3.05) is 12.3 Å². The molecule has 3 aromatic carbocycles. The third kappa shape index (κ3) is 8.41. The standard InChI is InChI=1S/C28H30ClFN2O2S/c1-2-16-31-28(34)26(17-21-8-4-3-5-9-21)32(18-23-10-6-7-11-25(23)29)27(33)20-35-19-22-12-14-24(30)15-13-22/h3-15,26H,2,16-20H2,1H3,(H,31,34)/t26-/m1/s1.